The standard InChI is InChI=1S/C15H19BrN2OS/c1-3-4-13-5-11(9-19)6-15(17-13)18(2)8-14-7-12(16)10-20-14/h5-7,10,19H,3-4,8-9H2,1-2H3. The monoisotopic (exact) mass is 354 g/mol. The quantitative estimate of drug-likeness (QED) is 0.851. The first-order valence-electron chi connectivity index (χ1n) is 6.67. The van der Waals surface area contributed by atoms with E-state index in [1.165, 1.54) is 4.88 Å². The van der Waals surface area contributed by atoms with Crippen LogP contribution in [0.1, 0.15) is 29.5 Å². The summed E-state index contributed by atoms with van der Waals surface area (Å²) in [5.74, 6) is 0.921. The fourth-order valence-corrected chi connectivity index (χ4v) is 3.56. The highest BCUT2D eigenvalue weighted by atomic mass is 79.9. The average Bonchev–Trinajstić information content (AvgIpc) is 2.84. The average molecular weight is 355 g/mol. The van der Waals surface area contributed by atoms with E-state index in [2.05, 4.69) is 44.2 Å². The van der Waals surface area contributed by atoms with E-state index >= 15 is 0 Å². The van der Waals surface area contributed by atoms with Crippen LogP contribution in [-0.2, 0) is 19.6 Å². The van der Waals surface area contributed by atoms with E-state index in [1.54, 1.807) is 11.3 Å². The van der Waals surface area contributed by atoms with Crippen molar-refractivity contribution >= 4 is 33.1 Å². The molecule has 2 aromatic heterocycles. The molecular weight excluding hydrogens is 336 g/mol. The molecule has 0 aliphatic heterocycles. The second kappa shape index (κ2) is 7.20. The minimum atomic E-state index is 0.0601. The molecule has 0 aliphatic carbocycles. The lowest BCUT2D eigenvalue weighted by molar-refractivity contribution is 0.281. The van der Waals surface area contributed by atoms with Gasteiger partial charge in [-0.2, -0.15) is 0 Å². The fraction of sp³-hybridized carbons (Fsp3) is 0.400. The van der Waals surface area contributed by atoms with Crippen molar-refractivity contribution in [2.45, 2.75) is 32.9 Å². The smallest absolute Gasteiger partial charge is 0.129 e. The van der Waals surface area contributed by atoms with Crippen LogP contribution in [0.4, 0.5) is 5.82 Å². The van der Waals surface area contributed by atoms with Crippen LogP contribution >= 0.6 is 27.3 Å². The molecule has 0 bridgehead atoms. The predicted molar refractivity (Wildman–Crippen MR) is 88.3 cm³/mol. The van der Waals surface area contributed by atoms with E-state index in [0.29, 0.717) is 0 Å². The lowest BCUT2D eigenvalue weighted by Gasteiger charge is -2.19. The predicted octanol–water partition coefficient (Wildman–Crippen LogP) is 3.99. The van der Waals surface area contributed by atoms with Gasteiger partial charge in [-0.25, -0.2) is 4.98 Å². The molecular formula is C15H19BrN2OS. The minimum absolute atomic E-state index is 0.0601. The molecule has 5 heteroatoms. The van der Waals surface area contributed by atoms with Crippen LogP contribution in [0.2, 0.25) is 0 Å². The van der Waals surface area contributed by atoms with Crippen LogP contribution in [0.5, 0.6) is 0 Å². The summed E-state index contributed by atoms with van der Waals surface area (Å²) in [7, 11) is 2.03. The first-order valence-corrected chi connectivity index (χ1v) is 8.34. The van der Waals surface area contributed by atoms with Gasteiger partial charge in [0.2, 0.25) is 0 Å². The Morgan fingerprint density at radius 2 is 2.15 bits per heavy atom. The van der Waals surface area contributed by atoms with Gasteiger partial charge >= 0.3 is 0 Å². The number of aromatic nitrogens is 1. The van der Waals surface area contributed by atoms with Gasteiger partial charge in [0.25, 0.3) is 0 Å². The van der Waals surface area contributed by atoms with Crippen molar-refractivity contribution < 1.29 is 5.11 Å². The highest BCUT2D eigenvalue weighted by Gasteiger charge is 2.08. The van der Waals surface area contributed by atoms with Gasteiger partial charge in [-0.3, -0.25) is 0 Å². The molecule has 0 unspecified atom stereocenters. The zero-order valence-corrected chi connectivity index (χ0v) is 14.2. The van der Waals surface area contributed by atoms with Gasteiger partial charge in [-0.05, 0) is 46.1 Å². The molecule has 0 saturated carbocycles. The Morgan fingerprint density at radius 3 is 2.75 bits per heavy atom. The minimum Gasteiger partial charge on any atom is -0.392 e. The Kier molecular flexibility index (Phi) is 5.57. The van der Waals surface area contributed by atoms with E-state index in [9.17, 15) is 5.11 Å². The molecule has 2 rings (SSSR count). The lowest BCUT2D eigenvalue weighted by Crippen LogP contribution is -2.18. The maximum Gasteiger partial charge on any atom is 0.129 e. The van der Waals surface area contributed by atoms with Crippen molar-refractivity contribution in [3.63, 3.8) is 0 Å². The van der Waals surface area contributed by atoms with Crippen LogP contribution in [-0.4, -0.2) is 17.1 Å². The van der Waals surface area contributed by atoms with Gasteiger partial charge in [0.05, 0.1) is 13.2 Å². The Hall–Kier alpha value is -0.910. The van der Waals surface area contributed by atoms with E-state index < -0.39 is 0 Å². The number of aryl methyl sites for hydroxylation is 1. The Bertz CT molecular complexity index is 571. The van der Waals surface area contributed by atoms with Crippen molar-refractivity contribution in [3.8, 4) is 0 Å². The van der Waals surface area contributed by atoms with Crippen molar-refractivity contribution in [2.75, 3.05) is 11.9 Å². The molecule has 20 heavy (non-hydrogen) atoms. The number of pyridine rings is 1. The van der Waals surface area contributed by atoms with E-state index in [4.69, 9.17) is 0 Å². The Balaban J connectivity index is 2.19. The Morgan fingerprint density at radius 1 is 1.35 bits per heavy atom. The van der Waals surface area contributed by atoms with Crippen LogP contribution in [0, 0.1) is 0 Å². The lowest BCUT2D eigenvalue weighted by atomic mass is 10.1. The van der Waals surface area contributed by atoms with Gasteiger partial charge in [0, 0.05) is 27.5 Å². The number of hydrogen-bond acceptors (Lipinski definition) is 4. The zero-order chi connectivity index (χ0) is 14.5. The second-order valence-electron chi connectivity index (χ2n) is 4.82. The third-order valence-corrected chi connectivity index (χ3v) is 4.70. The van der Waals surface area contributed by atoms with Gasteiger partial charge in [0.15, 0.2) is 0 Å². The molecule has 2 heterocycles. The molecule has 0 spiro atoms. The number of nitrogens with zero attached hydrogens (tertiary/aromatic N) is 2. The van der Waals surface area contributed by atoms with E-state index in [0.717, 1.165) is 40.9 Å². The maximum atomic E-state index is 9.38. The summed E-state index contributed by atoms with van der Waals surface area (Å²) in [4.78, 5) is 8.09. The Labute approximate surface area is 132 Å². The van der Waals surface area contributed by atoms with E-state index in [1.807, 2.05) is 19.2 Å². The number of hydrogen-bond donors (Lipinski definition) is 1. The largest absolute Gasteiger partial charge is 0.392 e. The zero-order valence-electron chi connectivity index (χ0n) is 11.8. The first kappa shape index (κ1) is 15.5. The van der Waals surface area contributed by atoms with Crippen molar-refractivity contribution in [2.24, 2.45) is 0 Å². The highest BCUT2D eigenvalue weighted by molar-refractivity contribution is 9.10. The molecule has 0 aromatic carbocycles. The molecule has 3 nitrogen and oxygen atoms in total. The molecule has 0 atom stereocenters. The summed E-state index contributed by atoms with van der Waals surface area (Å²) in [6.07, 6.45) is 2.00. The maximum absolute atomic E-state index is 9.38. The van der Waals surface area contributed by atoms with Crippen LogP contribution in [0.15, 0.2) is 28.1 Å². The SMILES string of the molecule is CCCc1cc(CO)cc(N(C)Cc2cc(Br)cs2)n1. The highest BCUT2D eigenvalue weighted by Crippen LogP contribution is 2.23. The number of anilines is 1. The number of halogens is 1. The van der Waals surface area contributed by atoms with Gasteiger partial charge in [-0.15, -0.1) is 11.3 Å². The summed E-state index contributed by atoms with van der Waals surface area (Å²) >= 11 is 5.21. The molecule has 0 aliphatic rings. The van der Waals surface area contributed by atoms with Crippen molar-refractivity contribution in [1.29, 1.82) is 0 Å². The summed E-state index contributed by atoms with van der Waals surface area (Å²) in [5, 5.41) is 11.5. The molecule has 108 valence electrons. The van der Waals surface area contributed by atoms with Gasteiger partial charge in [-0.1, -0.05) is 13.3 Å². The first-order chi connectivity index (χ1) is 9.62. The normalized spacial score (nSPS) is 10.8. The summed E-state index contributed by atoms with van der Waals surface area (Å²) in [5.41, 5.74) is 1.98. The van der Waals surface area contributed by atoms with E-state index in [-0.39, 0.29) is 6.61 Å². The molecule has 2 aromatic rings. The summed E-state index contributed by atoms with van der Waals surface area (Å²) in [6.45, 7) is 3.02. The van der Waals surface area contributed by atoms with Crippen LogP contribution in [0.25, 0.3) is 0 Å². The number of aliphatic hydroxyl groups is 1. The summed E-state index contributed by atoms with van der Waals surface area (Å²) < 4.78 is 1.12. The number of rotatable bonds is 6. The molecule has 0 radical (unpaired) electrons. The number of thiophene rings is 1. The van der Waals surface area contributed by atoms with Crippen molar-refractivity contribution in [3.05, 3.63) is 44.2 Å². The van der Waals surface area contributed by atoms with Crippen LogP contribution < -0.4 is 4.90 Å². The summed E-state index contributed by atoms with van der Waals surface area (Å²) in [6, 6.07) is 6.08. The van der Waals surface area contributed by atoms with Crippen LogP contribution in [0.3, 0.4) is 0 Å². The van der Waals surface area contributed by atoms with Gasteiger partial charge < -0.3 is 10.0 Å². The van der Waals surface area contributed by atoms with Gasteiger partial charge in [0.1, 0.15) is 5.82 Å². The third-order valence-electron chi connectivity index (χ3n) is 3.02. The fourth-order valence-electron chi connectivity index (χ4n) is 2.06. The number of aliphatic hydroxyl groups excluding tert-OH is 1. The molecule has 0 fully saturated rings. The second-order valence-corrected chi connectivity index (χ2v) is 6.73. The molecule has 0 saturated heterocycles. The third kappa shape index (κ3) is 4.04. The van der Waals surface area contributed by atoms with Crippen molar-refractivity contribution in [1.82, 2.24) is 4.98 Å². The topological polar surface area (TPSA) is 36.4 Å². The molecule has 0 amide bonds. The molecule has 1 N–H and O–H groups in total.